The lowest BCUT2D eigenvalue weighted by molar-refractivity contribution is 0.292. The third kappa shape index (κ3) is 3.18. The average molecular weight is 334 g/mol. The average Bonchev–Trinajstić information content (AvgIpc) is 3.20. The van der Waals surface area contributed by atoms with Gasteiger partial charge in [-0.15, -0.1) is 10.2 Å². The predicted molar refractivity (Wildman–Crippen MR) is 94.8 cm³/mol. The van der Waals surface area contributed by atoms with Gasteiger partial charge in [0.25, 0.3) is 0 Å². The molecule has 2 aromatic heterocycles. The Morgan fingerprint density at radius 3 is 2.46 bits per heavy atom. The van der Waals surface area contributed by atoms with E-state index in [9.17, 15) is 0 Å². The molecule has 2 heterocycles. The highest BCUT2D eigenvalue weighted by Crippen LogP contribution is 2.18. The molecule has 4 rings (SSSR count). The molecule has 118 valence electrons. The van der Waals surface area contributed by atoms with Crippen LogP contribution in [0.25, 0.3) is 17.1 Å². The van der Waals surface area contributed by atoms with Crippen LogP contribution in [0.1, 0.15) is 16.4 Å². The molecular formula is C18H14N4OS. The third-order valence-electron chi connectivity index (χ3n) is 3.40. The Morgan fingerprint density at radius 2 is 1.67 bits per heavy atom. The SMILES string of the molecule is C(=Cc1nn2c(COc3ccccc3)nnc2s1)c1ccccc1. The van der Waals surface area contributed by atoms with Crippen LogP contribution in [0, 0.1) is 0 Å². The molecule has 0 fully saturated rings. The van der Waals surface area contributed by atoms with Gasteiger partial charge in [-0.05, 0) is 23.8 Å². The molecule has 0 bridgehead atoms. The zero-order valence-corrected chi connectivity index (χ0v) is 13.6. The van der Waals surface area contributed by atoms with Crippen LogP contribution in [-0.4, -0.2) is 19.8 Å². The highest BCUT2D eigenvalue weighted by atomic mass is 32.1. The molecule has 0 atom stereocenters. The van der Waals surface area contributed by atoms with Crippen LogP contribution in [0.4, 0.5) is 0 Å². The van der Waals surface area contributed by atoms with Crippen molar-refractivity contribution in [2.75, 3.05) is 0 Å². The second-order valence-corrected chi connectivity index (χ2v) is 6.08. The largest absolute Gasteiger partial charge is 0.486 e. The topological polar surface area (TPSA) is 52.3 Å². The highest BCUT2D eigenvalue weighted by Gasteiger charge is 2.11. The summed E-state index contributed by atoms with van der Waals surface area (Å²) in [6, 6.07) is 19.8. The van der Waals surface area contributed by atoms with Gasteiger partial charge in [-0.3, -0.25) is 0 Å². The number of aromatic nitrogens is 4. The molecule has 24 heavy (non-hydrogen) atoms. The lowest BCUT2D eigenvalue weighted by Crippen LogP contribution is -2.02. The molecule has 0 amide bonds. The van der Waals surface area contributed by atoms with E-state index in [1.165, 1.54) is 11.3 Å². The first kappa shape index (κ1) is 14.6. The van der Waals surface area contributed by atoms with Gasteiger partial charge >= 0.3 is 0 Å². The Morgan fingerprint density at radius 1 is 0.917 bits per heavy atom. The van der Waals surface area contributed by atoms with Crippen LogP contribution in [0.2, 0.25) is 0 Å². The van der Waals surface area contributed by atoms with Crippen molar-refractivity contribution in [3.05, 3.63) is 77.1 Å². The smallest absolute Gasteiger partial charge is 0.235 e. The van der Waals surface area contributed by atoms with Gasteiger partial charge in [0.05, 0.1) is 0 Å². The third-order valence-corrected chi connectivity index (χ3v) is 4.26. The summed E-state index contributed by atoms with van der Waals surface area (Å²) in [4.78, 5) is 0.759. The van der Waals surface area contributed by atoms with E-state index in [4.69, 9.17) is 4.74 Å². The number of hydrogen-bond donors (Lipinski definition) is 0. The first-order chi connectivity index (χ1) is 11.9. The van der Waals surface area contributed by atoms with Gasteiger partial charge in [0, 0.05) is 0 Å². The molecule has 0 unspecified atom stereocenters. The summed E-state index contributed by atoms with van der Waals surface area (Å²) >= 11 is 1.49. The number of rotatable bonds is 5. The van der Waals surface area contributed by atoms with E-state index in [0.717, 1.165) is 21.3 Å². The predicted octanol–water partition coefficient (Wildman–Crippen LogP) is 3.94. The van der Waals surface area contributed by atoms with Crippen molar-refractivity contribution in [1.82, 2.24) is 19.8 Å². The minimum absolute atomic E-state index is 0.330. The van der Waals surface area contributed by atoms with Crippen molar-refractivity contribution < 1.29 is 4.74 Å². The van der Waals surface area contributed by atoms with Crippen LogP contribution >= 0.6 is 11.3 Å². The lowest BCUT2D eigenvalue weighted by Gasteiger charge is -2.02. The lowest BCUT2D eigenvalue weighted by atomic mass is 10.2. The maximum absolute atomic E-state index is 5.72. The molecule has 0 aliphatic rings. The van der Waals surface area contributed by atoms with E-state index in [-0.39, 0.29) is 0 Å². The Bertz CT molecular complexity index is 961. The van der Waals surface area contributed by atoms with Crippen molar-refractivity contribution in [3.8, 4) is 5.75 Å². The Hall–Kier alpha value is -2.99. The maximum Gasteiger partial charge on any atom is 0.235 e. The minimum Gasteiger partial charge on any atom is -0.486 e. The number of nitrogens with zero attached hydrogens (tertiary/aromatic N) is 4. The fourth-order valence-corrected chi connectivity index (χ4v) is 2.99. The number of hydrogen-bond acceptors (Lipinski definition) is 5. The van der Waals surface area contributed by atoms with Crippen molar-refractivity contribution in [2.45, 2.75) is 6.61 Å². The van der Waals surface area contributed by atoms with E-state index in [1.807, 2.05) is 60.7 Å². The Balaban J connectivity index is 1.52. The van der Waals surface area contributed by atoms with Crippen LogP contribution in [-0.2, 0) is 6.61 Å². The van der Waals surface area contributed by atoms with Crippen molar-refractivity contribution >= 4 is 28.4 Å². The molecule has 0 saturated heterocycles. The molecule has 0 spiro atoms. The van der Waals surface area contributed by atoms with E-state index in [0.29, 0.717) is 12.4 Å². The summed E-state index contributed by atoms with van der Waals surface area (Å²) in [7, 11) is 0. The fraction of sp³-hybridized carbons (Fsp3) is 0.0556. The minimum atomic E-state index is 0.330. The molecule has 0 N–H and O–H groups in total. The molecule has 0 aliphatic heterocycles. The van der Waals surface area contributed by atoms with E-state index >= 15 is 0 Å². The second-order valence-electron chi connectivity index (χ2n) is 5.10. The van der Waals surface area contributed by atoms with Gasteiger partial charge in [0.15, 0.2) is 5.82 Å². The molecule has 4 aromatic rings. The van der Waals surface area contributed by atoms with Gasteiger partial charge in [-0.25, -0.2) is 0 Å². The van der Waals surface area contributed by atoms with E-state index < -0.39 is 0 Å². The molecule has 6 heteroatoms. The van der Waals surface area contributed by atoms with Crippen LogP contribution in [0.15, 0.2) is 60.7 Å². The summed E-state index contributed by atoms with van der Waals surface area (Å²) in [6.07, 6.45) is 4.02. The molecule has 0 saturated carbocycles. The standard InChI is InChI=1S/C18H14N4OS/c1-3-7-14(8-4-1)11-12-17-21-22-16(19-20-18(22)24-17)13-23-15-9-5-2-6-10-15/h1-12H,13H2. The summed E-state index contributed by atoms with van der Waals surface area (Å²) in [5, 5.41) is 13.7. The summed E-state index contributed by atoms with van der Waals surface area (Å²) < 4.78 is 7.45. The van der Waals surface area contributed by atoms with E-state index in [1.54, 1.807) is 4.52 Å². The number of para-hydroxylation sites is 1. The zero-order valence-electron chi connectivity index (χ0n) is 12.7. The number of fused-ring (bicyclic) bond motifs is 1. The van der Waals surface area contributed by atoms with Gasteiger partial charge < -0.3 is 4.74 Å². The van der Waals surface area contributed by atoms with Gasteiger partial charge in [-0.1, -0.05) is 65.9 Å². The maximum atomic E-state index is 5.72. The molecule has 5 nitrogen and oxygen atoms in total. The van der Waals surface area contributed by atoms with Crippen molar-refractivity contribution in [2.24, 2.45) is 0 Å². The van der Waals surface area contributed by atoms with Gasteiger partial charge in [0.2, 0.25) is 4.96 Å². The van der Waals surface area contributed by atoms with Gasteiger partial charge in [-0.2, -0.15) is 9.61 Å². The fourth-order valence-electron chi connectivity index (χ4n) is 2.23. The molecule has 2 aromatic carbocycles. The quantitative estimate of drug-likeness (QED) is 0.555. The van der Waals surface area contributed by atoms with Gasteiger partial charge in [0.1, 0.15) is 17.4 Å². The van der Waals surface area contributed by atoms with Crippen molar-refractivity contribution in [3.63, 3.8) is 0 Å². The first-order valence-electron chi connectivity index (χ1n) is 7.50. The molecular weight excluding hydrogens is 320 g/mol. The molecule has 0 radical (unpaired) electrons. The number of benzene rings is 2. The monoisotopic (exact) mass is 334 g/mol. The summed E-state index contributed by atoms with van der Waals surface area (Å²) in [5.74, 6) is 1.48. The van der Waals surface area contributed by atoms with Crippen molar-refractivity contribution in [1.29, 1.82) is 0 Å². The Kier molecular flexibility index (Phi) is 4.04. The number of ether oxygens (including phenoxy) is 1. The van der Waals surface area contributed by atoms with Crippen LogP contribution < -0.4 is 4.74 Å². The molecule has 0 aliphatic carbocycles. The summed E-state index contributed by atoms with van der Waals surface area (Å²) in [6.45, 7) is 0.330. The second kappa shape index (κ2) is 6.64. The van der Waals surface area contributed by atoms with E-state index in [2.05, 4.69) is 27.4 Å². The normalized spacial score (nSPS) is 11.3. The zero-order chi connectivity index (χ0) is 16.2. The first-order valence-corrected chi connectivity index (χ1v) is 8.32. The van der Waals surface area contributed by atoms with Crippen LogP contribution in [0.5, 0.6) is 5.75 Å². The van der Waals surface area contributed by atoms with Crippen LogP contribution in [0.3, 0.4) is 0 Å². The highest BCUT2D eigenvalue weighted by molar-refractivity contribution is 7.17. The Labute approximate surface area is 142 Å². The summed E-state index contributed by atoms with van der Waals surface area (Å²) in [5.41, 5.74) is 1.14.